The van der Waals surface area contributed by atoms with E-state index in [4.69, 9.17) is 0 Å². The molecule has 0 radical (unpaired) electrons. The fourth-order valence-electron chi connectivity index (χ4n) is 2.74. The third kappa shape index (κ3) is 5.82. The topological polar surface area (TPSA) is 59.0 Å². The number of hydrogen-bond donors (Lipinski definition) is 2. The van der Waals surface area contributed by atoms with E-state index in [9.17, 15) is 4.79 Å². The lowest BCUT2D eigenvalue weighted by Gasteiger charge is -2.22. The van der Waals surface area contributed by atoms with E-state index in [1.165, 1.54) is 12.0 Å². The molecule has 0 aliphatic carbocycles. The van der Waals surface area contributed by atoms with Gasteiger partial charge in [-0.05, 0) is 30.5 Å². The molecule has 7 heteroatoms. The van der Waals surface area contributed by atoms with Crippen molar-refractivity contribution in [2.75, 3.05) is 6.54 Å². The number of halogens is 2. The summed E-state index contributed by atoms with van der Waals surface area (Å²) in [5.74, 6) is 0.113. The maximum Gasteiger partial charge on any atom is 0.237 e. The molecule has 2 heterocycles. The van der Waals surface area contributed by atoms with Crippen LogP contribution in [0.15, 0.2) is 43.0 Å². The molecule has 3 rings (SSSR count). The average Bonchev–Trinajstić information content (AvgIpc) is 3.08. The largest absolute Gasteiger partial charge is 0.351 e. The molecule has 1 amide bonds. The van der Waals surface area contributed by atoms with Crippen LogP contribution in [0.1, 0.15) is 30.4 Å². The van der Waals surface area contributed by atoms with Crippen LogP contribution in [0.2, 0.25) is 0 Å². The Balaban J connectivity index is 0.00000144. The summed E-state index contributed by atoms with van der Waals surface area (Å²) in [6.07, 6.45) is 8.78. The number of rotatable bonds is 5. The smallest absolute Gasteiger partial charge is 0.237 e. The van der Waals surface area contributed by atoms with Crippen LogP contribution >= 0.6 is 24.8 Å². The first kappa shape index (κ1) is 20.5. The lowest BCUT2D eigenvalue weighted by molar-refractivity contribution is -0.123. The number of hydrogen-bond acceptors (Lipinski definition) is 3. The molecule has 1 unspecified atom stereocenters. The molecule has 2 aromatic rings. The van der Waals surface area contributed by atoms with Gasteiger partial charge in [0.25, 0.3) is 0 Å². The maximum absolute atomic E-state index is 12.1. The summed E-state index contributed by atoms with van der Waals surface area (Å²) in [7, 11) is 0. The number of nitrogens with zero attached hydrogens (tertiary/aromatic N) is 2. The van der Waals surface area contributed by atoms with Gasteiger partial charge in [-0.2, -0.15) is 0 Å². The fraction of sp³-hybridized carbons (Fsp3) is 0.412. The van der Waals surface area contributed by atoms with E-state index >= 15 is 0 Å². The van der Waals surface area contributed by atoms with Gasteiger partial charge in [-0.15, -0.1) is 24.8 Å². The van der Waals surface area contributed by atoms with Gasteiger partial charge in [0.05, 0.1) is 12.4 Å². The molecule has 5 nitrogen and oxygen atoms in total. The minimum Gasteiger partial charge on any atom is -0.351 e. The van der Waals surface area contributed by atoms with Crippen molar-refractivity contribution in [2.45, 2.75) is 38.4 Å². The normalized spacial score (nSPS) is 16.6. The molecule has 0 spiro atoms. The van der Waals surface area contributed by atoms with Gasteiger partial charge in [0.15, 0.2) is 0 Å². The Morgan fingerprint density at radius 1 is 1.21 bits per heavy atom. The van der Waals surface area contributed by atoms with E-state index in [2.05, 4.69) is 39.9 Å². The van der Waals surface area contributed by atoms with E-state index in [-0.39, 0.29) is 36.8 Å². The highest BCUT2D eigenvalue weighted by Gasteiger charge is 2.19. The van der Waals surface area contributed by atoms with Crippen molar-refractivity contribution in [3.63, 3.8) is 0 Å². The van der Waals surface area contributed by atoms with Crippen LogP contribution in [0.3, 0.4) is 0 Å². The minimum absolute atomic E-state index is 0. The standard InChI is InChI=1S/C17H22N4O.2ClH/c22-17(16-3-1-2-8-19-16)20-11-14-4-6-15(7-5-14)12-21-10-9-18-13-21;;/h4-7,9-10,13,16,19H,1-3,8,11-12H2,(H,20,22);2*1H. The molecule has 24 heavy (non-hydrogen) atoms. The molecule has 0 bridgehead atoms. The van der Waals surface area contributed by atoms with E-state index in [0.29, 0.717) is 6.54 Å². The zero-order valence-electron chi connectivity index (χ0n) is 13.5. The molecule has 1 saturated heterocycles. The molecule has 1 fully saturated rings. The van der Waals surface area contributed by atoms with Crippen LogP contribution in [0.5, 0.6) is 0 Å². The lowest BCUT2D eigenvalue weighted by Crippen LogP contribution is -2.46. The van der Waals surface area contributed by atoms with Crippen molar-refractivity contribution in [1.29, 1.82) is 0 Å². The van der Waals surface area contributed by atoms with Crippen LogP contribution in [-0.2, 0) is 17.9 Å². The number of benzene rings is 1. The van der Waals surface area contributed by atoms with Gasteiger partial charge in [0, 0.05) is 25.5 Å². The Morgan fingerprint density at radius 2 is 1.96 bits per heavy atom. The Kier molecular flexibility index (Phi) is 8.82. The summed E-state index contributed by atoms with van der Waals surface area (Å²) < 4.78 is 2.03. The van der Waals surface area contributed by atoms with Crippen molar-refractivity contribution >= 4 is 30.7 Å². The van der Waals surface area contributed by atoms with Crippen molar-refractivity contribution in [1.82, 2.24) is 20.2 Å². The first-order chi connectivity index (χ1) is 10.8. The summed E-state index contributed by atoms with van der Waals surface area (Å²) in [6.45, 7) is 2.35. The lowest BCUT2D eigenvalue weighted by atomic mass is 10.0. The van der Waals surface area contributed by atoms with Crippen molar-refractivity contribution in [3.05, 3.63) is 54.1 Å². The van der Waals surface area contributed by atoms with Gasteiger partial charge in [-0.25, -0.2) is 4.98 Å². The van der Waals surface area contributed by atoms with E-state index in [1.807, 2.05) is 17.1 Å². The third-order valence-corrected chi connectivity index (χ3v) is 4.04. The molecule has 1 atom stereocenters. The number of carbonyl (C=O) groups excluding carboxylic acids is 1. The number of aromatic nitrogens is 2. The second kappa shape index (κ2) is 10.3. The SMILES string of the molecule is Cl.Cl.O=C(NCc1ccc(Cn2ccnc2)cc1)C1CCCCN1. The predicted molar refractivity (Wildman–Crippen MR) is 99.8 cm³/mol. The summed E-state index contributed by atoms with van der Waals surface area (Å²) in [6, 6.07) is 8.32. The number of carbonyl (C=O) groups is 1. The van der Waals surface area contributed by atoms with Crippen molar-refractivity contribution < 1.29 is 4.79 Å². The Labute approximate surface area is 155 Å². The fourth-order valence-corrected chi connectivity index (χ4v) is 2.74. The van der Waals surface area contributed by atoms with Crippen LogP contribution in [0, 0.1) is 0 Å². The Morgan fingerprint density at radius 3 is 2.58 bits per heavy atom. The second-order valence-electron chi connectivity index (χ2n) is 5.77. The number of nitrogens with one attached hydrogen (secondary N) is 2. The van der Waals surface area contributed by atoms with Crippen LogP contribution < -0.4 is 10.6 Å². The van der Waals surface area contributed by atoms with E-state index in [0.717, 1.165) is 31.5 Å². The van der Waals surface area contributed by atoms with Crippen LogP contribution in [-0.4, -0.2) is 28.0 Å². The Hall–Kier alpha value is -1.56. The molecule has 0 saturated carbocycles. The quantitative estimate of drug-likeness (QED) is 0.849. The predicted octanol–water partition coefficient (Wildman–Crippen LogP) is 2.53. The van der Waals surface area contributed by atoms with Gasteiger partial charge in [0.2, 0.25) is 5.91 Å². The van der Waals surface area contributed by atoms with Crippen molar-refractivity contribution in [3.8, 4) is 0 Å². The molecule has 1 aliphatic rings. The first-order valence-electron chi connectivity index (χ1n) is 7.86. The summed E-state index contributed by atoms with van der Waals surface area (Å²) in [5.41, 5.74) is 2.35. The summed E-state index contributed by atoms with van der Waals surface area (Å²) >= 11 is 0. The summed E-state index contributed by atoms with van der Waals surface area (Å²) in [4.78, 5) is 16.1. The maximum atomic E-state index is 12.1. The number of amides is 1. The van der Waals surface area contributed by atoms with Crippen molar-refractivity contribution in [2.24, 2.45) is 0 Å². The molecule has 1 aliphatic heterocycles. The third-order valence-electron chi connectivity index (χ3n) is 4.04. The van der Waals surface area contributed by atoms with Gasteiger partial charge >= 0.3 is 0 Å². The number of piperidine rings is 1. The highest BCUT2D eigenvalue weighted by molar-refractivity contribution is 5.85. The van der Waals surface area contributed by atoms with Gasteiger partial charge in [-0.1, -0.05) is 30.7 Å². The summed E-state index contributed by atoms with van der Waals surface area (Å²) in [5, 5.41) is 6.29. The zero-order chi connectivity index (χ0) is 15.2. The molecule has 132 valence electrons. The molecule has 2 N–H and O–H groups in total. The van der Waals surface area contributed by atoms with Gasteiger partial charge < -0.3 is 15.2 Å². The molecular weight excluding hydrogens is 347 g/mol. The first-order valence-corrected chi connectivity index (χ1v) is 7.86. The van der Waals surface area contributed by atoms with Crippen LogP contribution in [0.25, 0.3) is 0 Å². The highest BCUT2D eigenvalue weighted by Crippen LogP contribution is 2.09. The van der Waals surface area contributed by atoms with E-state index < -0.39 is 0 Å². The van der Waals surface area contributed by atoms with E-state index in [1.54, 1.807) is 6.20 Å². The monoisotopic (exact) mass is 370 g/mol. The molecule has 1 aromatic heterocycles. The average molecular weight is 371 g/mol. The Bertz CT molecular complexity index is 596. The minimum atomic E-state index is -0.0192. The molecule has 1 aromatic carbocycles. The second-order valence-corrected chi connectivity index (χ2v) is 5.77. The number of imidazole rings is 1. The van der Waals surface area contributed by atoms with Gasteiger partial charge in [0.1, 0.15) is 0 Å². The zero-order valence-corrected chi connectivity index (χ0v) is 15.1. The molecular formula is C17H24Cl2N4O. The van der Waals surface area contributed by atoms with Crippen LogP contribution in [0.4, 0.5) is 0 Å². The van der Waals surface area contributed by atoms with Gasteiger partial charge in [-0.3, -0.25) is 4.79 Å². The highest BCUT2D eigenvalue weighted by atomic mass is 35.5.